The molecular formula is C17H19NOS. The van der Waals surface area contributed by atoms with Crippen molar-refractivity contribution in [3.8, 4) is 0 Å². The summed E-state index contributed by atoms with van der Waals surface area (Å²) in [4.78, 5) is 13.2. The van der Waals surface area contributed by atoms with E-state index in [2.05, 4.69) is 26.1 Å². The number of hydrogen-bond donors (Lipinski definition) is 1. The van der Waals surface area contributed by atoms with Crippen molar-refractivity contribution in [1.82, 2.24) is 0 Å². The molecule has 0 unspecified atom stereocenters. The quantitative estimate of drug-likeness (QED) is 0.818. The van der Waals surface area contributed by atoms with Crippen molar-refractivity contribution in [2.24, 2.45) is 0 Å². The van der Waals surface area contributed by atoms with Crippen LogP contribution in [0, 0.1) is 0 Å². The molecule has 104 valence electrons. The third-order valence-corrected chi connectivity index (χ3v) is 3.69. The number of benzene rings is 2. The molecule has 2 aromatic carbocycles. The molecule has 0 bridgehead atoms. The summed E-state index contributed by atoms with van der Waals surface area (Å²) < 4.78 is 0.189. The maximum absolute atomic E-state index is 12.0. The maximum atomic E-state index is 12.0. The van der Waals surface area contributed by atoms with Gasteiger partial charge in [0.05, 0.1) is 0 Å². The Hall–Kier alpha value is -1.74. The Kier molecular flexibility index (Phi) is 4.50. The van der Waals surface area contributed by atoms with Crippen LogP contribution in [-0.2, 0) is 0 Å². The standard InChI is InChI=1S/C17H19NOS/c1-17(2,3)20-15-11-9-14(10-12-15)18-16(19)13-7-5-4-6-8-13/h4-12H,1-3H3,(H,18,19). The largest absolute Gasteiger partial charge is 0.322 e. The lowest BCUT2D eigenvalue weighted by Gasteiger charge is -2.17. The number of amides is 1. The lowest BCUT2D eigenvalue weighted by molar-refractivity contribution is 0.102. The van der Waals surface area contributed by atoms with Gasteiger partial charge in [0.25, 0.3) is 5.91 Å². The highest BCUT2D eigenvalue weighted by Gasteiger charge is 2.12. The molecule has 20 heavy (non-hydrogen) atoms. The summed E-state index contributed by atoms with van der Waals surface area (Å²) in [6.45, 7) is 6.55. The van der Waals surface area contributed by atoms with E-state index in [1.807, 2.05) is 54.2 Å². The highest BCUT2D eigenvalue weighted by atomic mass is 32.2. The summed E-state index contributed by atoms with van der Waals surface area (Å²) in [6.07, 6.45) is 0. The molecule has 2 aromatic rings. The van der Waals surface area contributed by atoms with Gasteiger partial charge in [-0.05, 0) is 36.4 Å². The first-order valence-electron chi connectivity index (χ1n) is 6.59. The van der Waals surface area contributed by atoms with E-state index < -0.39 is 0 Å². The van der Waals surface area contributed by atoms with Gasteiger partial charge in [-0.15, -0.1) is 11.8 Å². The third-order valence-electron chi connectivity index (χ3n) is 2.57. The van der Waals surface area contributed by atoms with E-state index >= 15 is 0 Å². The highest BCUT2D eigenvalue weighted by Crippen LogP contribution is 2.32. The first kappa shape index (κ1) is 14.7. The van der Waals surface area contributed by atoms with E-state index in [0.717, 1.165) is 5.69 Å². The van der Waals surface area contributed by atoms with Gasteiger partial charge in [-0.2, -0.15) is 0 Å². The number of carbonyl (C=O) groups excluding carboxylic acids is 1. The van der Waals surface area contributed by atoms with Crippen LogP contribution in [0.5, 0.6) is 0 Å². The fourth-order valence-electron chi connectivity index (χ4n) is 1.75. The Morgan fingerprint density at radius 2 is 1.55 bits per heavy atom. The molecule has 3 heteroatoms. The van der Waals surface area contributed by atoms with Crippen LogP contribution < -0.4 is 5.32 Å². The normalized spacial score (nSPS) is 11.2. The summed E-state index contributed by atoms with van der Waals surface area (Å²) in [6, 6.07) is 17.2. The predicted molar refractivity (Wildman–Crippen MR) is 86.4 cm³/mol. The maximum Gasteiger partial charge on any atom is 0.255 e. The number of carbonyl (C=O) groups is 1. The van der Waals surface area contributed by atoms with Crippen molar-refractivity contribution < 1.29 is 4.79 Å². The molecule has 1 N–H and O–H groups in total. The van der Waals surface area contributed by atoms with Crippen LogP contribution in [0.25, 0.3) is 0 Å². The molecule has 2 rings (SSSR count). The molecule has 0 atom stereocenters. The van der Waals surface area contributed by atoms with Crippen molar-refractivity contribution in [3.05, 3.63) is 60.2 Å². The van der Waals surface area contributed by atoms with E-state index in [1.165, 1.54) is 4.90 Å². The molecule has 0 aliphatic rings. The summed E-state index contributed by atoms with van der Waals surface area (Å²) in [7, 11) is 0. The minimum atomic E-state index is -0.0816. The van der Waals surface area contributed by atoms with Gasteiger partial charge in [0.15, 0.2) is 0 Å². The van der Waals surface area contributed by atoms with Crippen molar-refractivity contribution in [2.45, 2.75) is 30.4 Å². The van der Waals surface area contributed by atoms with Gasteiger partial charge >= 0.3 is 0 Å². The molecule has 1 amide bonds. The van der Waals surface area contributed by atoms with Crippen LogP contribution in [0.3, 0.4) is 0 Å². The minimum Gasteiger partial charge on any atom is -0.322 e. The Balaban J connectivity index is 2.02. The van der Waals surface area contributed by atoms with Gasteiger partial charge in [-0.1, -0.05) is 39.0 Å². The van der Waals surface area contributed by atoms with Gasteiger partial charge < -0.3 is 5.32 Å². The lowest BCUT2D eigenvalue weighted by atomic mass is 10.2. The predicted octanol–water partition coefficient (Wildman–Crippen LogP) is 4.83. The number of nitrogens with one attached hydrogen (secondary N) is 1. The van der Waals surface area contributed by atoms with Crippen LogP contribution in [0.15, 0.2) is 59.5 Å². The second-order valence-electron chi connectivity index (χ2n) is 5.56. The zero-order valence-electron chi connectivity index (χ0n) is 12.0. The first-order chi connectivity index (χ1) is 9.44. The van der Waals surface area contributed by atoms with Crippen LogP contribution in [-0.4, -0.2) is 10.7 Å². The van der Waals surface area contributed by atoms with E-state index in [4.69, 9.17) is 0 Å². The molecule has 0 aliphatic carbocycles. The van der Waals surface area contributed by atoms with Crippen LogP contribution in [0.4, 0.5) is 5.69 Å². The third kappa shape index (κ3) is 4.42. The molecule has 0 fully saturated rings. The van der Waals surface area contributed by atoms with Gasteiger partial charge in [0.1, 0.15) is 0 Å². The fourth-order valence-corrected chi connectivity index (χ4v) is 2.73. The molecule has 0 heterocycles. The number of thioether (sulfide) groups is 1. The zero-order chi connectivity index (χ0) is 14.6. The summed E-state index contributed by atoms with van der Waals surface area (Å²) in [5, 5.41) is 2.90. The molecule has 0 spiro atoms. The summed E-state index contributed by atoms with van der Waals surface area (Å²) >= 11 is 1.81. The molecule has 2 nitrogen and oxygen atoms in total. The zero-order valence-corrected chi connectivity index (χ0v) is 12.8. The van der Waals surface area contributed by atoms with Gasteiger partial charge in [-0.25, -0.2) is 0 Å². The Morgan fingerprint density at radius 1 is 0.950 bits per heavy atom. The SMILES string of the molecule is CC(C)(C)Sc1ccc(NC(=O)c2ccccc2)cc1. The Bertz CT molecular complexity index is 570. The Morgan fingerprint density at radius 3 is 2.10 bits per heavy atom. The number of hydrogen-bond acceptors (Lipinski definition) is 2. The molecule has 0 aliphatic heterocycles. The lowest BCUT2D eigenvalue weighted by Crippen LogP contribution is -2.11. The van der Waals surface area contributed by atoms with Crippen LogP contribution in [0.2, 0.25) is 0 Å². The summed E-state index contributed by atoms with van der Waals surface area (Å²) in [5.41, 5.74) is 1.48. The van der Waals surface area contributed by atoms with Crippen LogP contribution >= 0.6 is 11.8 Å². The Labute approximate surface area is 124 Å². The molecule has 0 saturated heterocycles. The van der Waals surface area contributed by atoms with Crippen molar-refractivity contribution >= 4 is 23.4 Å². The topological polar surface area (TPSA) is 29.1 Å². The molecular weight excluding hydrogens is 266 g/mol. The molecule has 0 saturated carbocycles. The fraction of sp³-hybridized carbons (Fsp3) is 0.235. The monoisotopic (exact) mass is 285 g/mol. The number of anilines is 1. The summed E-state index contributed by atoms with van der Waals surface area (Å²) in [5.74, 6) is -0.0816. The van der Waals surface area contributed by atoms with E-state index in [9.17, 15) is 4.79 Å². The van der Waals surface area contributed by atoms with E-state index in [-0.39, 0.29) is 10.7 Å². The average Bonchev–Trinajstić information content (AvgIpc) is 2.40. The van der Waals surface area contributed by atoms with E-state index in [1.54, 1.807) is 12.1 Å². The average molecular weight is 285 g/mol. The van der Waals surface area contributed by atoms with E-state index in [0.29, 0.717) is 5.56 Å². The molecule has 0 aromatic heterocycles. The second-order valence-corrected chi connectivity index (χ2v) is 7.46. The molecule has 0 radical (unpaired) electrons. The first-order valence-corrected chi connectivity index (χ1v) is 7.41. The van der Waals surface area contributed by atoms with Crippen LogP contribution in [0.1, 0.15) is 31.1 Å². The van der Waals surface area contributed by atoms with Crippen molar-refractivity contribution in [3.63, 3.8) is 0 Å². The second kappa shape index (κ2) is 6.14. The van der Waals surface area contributed by atoms with Gasteiger partial charge in [-0.3, -0.25) is 4.79 Å². The van der Waals surface area contributed by atoms with Gasteiger partial charge in [0, 0.05) is 20.9 Å². The smallest absolute Gasteiger partial charge is 0.255 e. The van der Waals surface area contributed by atoms with Crippen molar-refractivity contribution in [2.75, 3.05) is 5.32 Å². The van der Waals surface area contributed by atoms with Gasteiger partial charge in [0.2, 0.25) is 0 Å². The minimum absolute atomic E-state index is 0.0816. The number of rotatable bonds is 3. The highest BCUT2D eigenvalue weighted by molar-refractivity contribution is 8.00. The van der Waals surface area contributed by atoms with Crippen molar-refractivity contribution in [1.29, 1.82) is 0 Å².